The lowest BCUT2D eigenvalue weighted by Crippen LogP contribution is -2.26. The smallest absolute Gasteiger partial charge is 0.364 e. The van der Waals surface area contributed by atoms with Gasteiger partial charge in [-0.2, -0.15) is 0 Å². The van der Waals surface area contributed by atoms with E-state index in [0.717, 1.165) is 0 Å². The van der Waals surface area contributed by atoms with Gasteiger partial charge >= 0.3 is 12.0 Å². The lowest BCUT2D eigenvalue weighted by Gasteiger charge is -2.13. The Morgan fingerprint density at radius 1 is 1.77 bits per heavy atom. The number of urea groups is 1. The minimum absolute atomic E-state index is 0.0682. The molecule has 1 atom stereocenters. The normalized spacial score (nSPS) is 21.2. The van der Waals surface area contributed by atoms with Crippen molar-refractivity contribution in [2.45, 2.75) is 11.9 Å². The number of carbonyl (C=O) groups excluding carboxylic acids is 1. The molecule has 0 saturated carbocycles. The van der Waals surface area contributed by atoms with E-state index < -0.39 is 5.97 Å². The van der Waals surface area contributed by atoms with Crippen LogP contribution in [0, 0.1) is 0 Å². The van der Waals surface area contributed by atoms with Gasteiger partial charge in [0.2, 0.25) is 0 Å². The molecule has 7 heteroatoms. The average molecular weight is 203 g/mol. The minimum atomic E-state index is -0.851. The summed E-state index contributed by atoms with van der Waals surface area (Å²) >= 11 is 1.29. The zero-order valence-electron chi connectivity index (χ0n) is 7.01. The Kier molecular flexibility index (Phi) is 3.24. The van der Waals surface area contributed by atoms with Crippen molar-refractivity contribution < 1.29 is 14.7 Å². The maximum Gasteiger partial charge on any atom is 0.364 e. The maximum atomic E-state index is 10.8. The largest absolute Gasteiger partial charge is 0.481 e. The van der Waals surface area contributed by atoms with Crippen molar-refractivity contribution >= 4 is 23.8 Å². The molecular weight excluding hydrogens is 194 g/mol. The van der Waals surface area contributed by atoms with Gasteiger partial charge in [0.25, 0.3) is 0 Å². The van der Waals surface area contributed by atoms with Crippen LogP contribution in [-0.2, 0) is 4.79 Å². The van der Waals surface area contributed by atoms with Crippen molar-refractivity contribution in [3.63, 3.8) is 0 Å². The zero-order chi connectivity index (χ0) is 9.84. The SMILES string of the molecule is CN1C(=O)N=NC1SCCC(=O)O. The van der Waals surface area contributed by atoms with Crippen LogP contribution >= 0.6 is 11.8 Å². The highest BCUT2D eigenvalue weighted by Crippen LogP contribution is 2.22. The molecule has 0 fully saturated rings. The number of hydrogen-bond donors (Lipinski definition) is 1. The highest BCUT2D eigenvalue weighted by molar-refractivity contribution is 7.99. The number of nitrogens with zero attached hydrogens (tertiary/aromatic N) is 3. The standard InChI is InChI=1S/C6H9N3O3S/c1-9-5(12)7-8-6(9)13-3-2-4(10)11/h6H,2-3H2,1H3,(H,10,11). The van der Waals surface area contributed by atoms with Crippen molar-refractivity contribution in [1.82, 2.24) is 4.90 Å². The second kappa shape index (κ2) is 4.22. The first-order valence-corrected chi connectivity index (χ1v) is 4.67. The van der Waals surface area contributed by atoms with Crippen LogP contribution in [0.3, 0.4) is 0 Å². The highest BCUT2D eigenvalue weighted by Gasteiger charge is 2.25. The lowest BCUT2D eigenvalue weighted by molar-refractivity contribution is -0.136. The van der Waals surface area contributed by atoms with Crippen molar-refractivity contribution in [2.75, 3.05) is 12.8 Å². The fraction of sp³-hybridized carbons (Fsp3) is 0.667. The fourth-order valence-corrected chi connectivity index (χ4v) is 1.67. The lowest BCUT2D eigenvalue weighted by atomic mass is 10.5. The van der Waals surface area contributed by atoms with Crippen LogP contribution in [0.4, 0.5) is 4.79 Å². The van der Waals surface area contributed by atoms with E-state index in [0.29, 0.717) is 5.75 Å². The van der Waals surface area contributed by atoms with E-state index in [1.807, 2.05) is 0 Å². The predicted molar refractivity (Wildman–Crippen MR) is 46.5 cm³/mol. The molecule has 1 heterocycles. The molecule has 6 nitrogen and oxygen atoms in total. The summed E-state index contributed by atoms with van der Waals surface area (Å²) in [6, 6.07) is -0.382. The molecule has 0 saturated heterocycles. The monoisotopic (exact) mass is 203 g/mol. The number of hydrogen-bond acceptors (Lipinski definition) is 4. The fourth-order valence-electron chi connectivity index (χ4n) is 0.738. The van der Waals surface area contributed by atoms with E-state index >= 15 is 0 Å². The molecule has 1 N–H and O–H groups in total. The van der Waals surface area contributed by atoms with Gasteiger partial charge in [0.05, 0.1) is 6.42 Å². The van der Waals surface area contributed by atoms with E-state index in [1.54, 1.807) is 7.05 Å². The summed E-state index contributed by atoms with van der Waals surface area (Å²) in [5, 5.41) is 15.4. The molecule has 1 aliphatic rings. The van der Waals surface area contributed by atoms with Gasteiger partial charge in [0, 0.05) is 12.8 Å². The third-order valence-electron chi connectivity index (χ3n) is 1.46. The maximum absolute atomic E-state index is 10.8. The Hall–Kier alpha value is -1.11. The first kappa shape index (κ1) is 9.97. The van der Waals surface area contributed by atoms with Crippen LogP contribution in [0.2, 0.25) is 0 Å². The quantitative estimate of drug-likeness (QED) is 0.738. The molecule has 0 aromatic carbocycles. The van der Waals surface area contributed by atoms with Crippen molar-refractivity contribution in [3.05, 3.63) is 0 Å². The van der Waals surface area contributed by atoms with Gasteiger partial charge in [-0.3, -0.25) is 9.69 Å². The van der Waals surface area contributed by atoms with E-state index in [4.69, 9.17) is 5.11 Å². The van der Waals surface area contributed by atoms with E-state index in [9.17, 15) is 9.59 Å². The number of thioether (sulfide) groups is 1. The van der Waals surface area contributed by atoms with Crippen LogP contribution in [-0.4, -0.2) is 40.3 Å². The molecule has 0 radical (unpaired) electrons. The zero-order valence-corrected chi connectivity index (χ0v) is 7.82. The van der Waals surface area contributed by atoms with E-state index in [-0.39, 0.29) is 17.9 Å². The number of azo groups is 1. The van der Waals surface area contributed by atoms with Gasteiger partial charge < -0.3 is 5.11 Å². The number of carboxylic acids is 1. The summed E-state index contributed by atoms with van der Waals surface area (Å²) in [6.07, 6.45) is 0.0682. The molecule has 0 aliphatic carbocycles. The third-order valence-corrected chi connectivity index (χ3v) is 2.61. The summed E-state index contributed by atoms with van der Waals surface area (Å²) in [6.45, 7) is 0. The van der Waals surface area contributed by atoms with Crippen LogP contribution in [0.15, 0.2) is 10.2 Å². The van der Waals surface area contributed by atoms with Gasteiger partial charge in [-0.1, -0.05) is 5.11 Å². The molecule has 0 aromatic rings. The molecule has 0 spiro atoms. The van der Waals surface area contributed by atoms with Crippen molar-refractivity contribution in [1.29, 1.82) is 0 Å². The first-order valence-electron chi connectivity index (χ1n) is 3.62. The number of carbonyl (C=O) groups is 2. The Balaban J connectivity index is 2.27. The molecule has 13 heavy (non-hydrogen) atoms. The van der Waals surface area contributed by atoms with E-state index in [2.05, 4.69) is 10.2 Å². The van der Waals surface area contributed by atoms with Crippen LogP contribution in [0.5, 0.6) is 0 Å². The van der Waals surface area contributed by atoms with Gasteiger partial charge in [-0.25, -0.2) is 4.79 Å². The van der Waals surface area contributed by atoms with Gasteiger partial charge in [0.15, 0.2) is 5.50 Å². The average Bonchev–Trinajstić information content (AvgIpc) is 2.35. The second-order valence-corrected chi connectivity index (χ2v) is 3.61. The number of rotatable bonds is 4. The number of amides is 2. The van der Waals surface area contributed by atoms with E-state index in [1.165, 1.54) is 16.7 Å². The number of aliphatic carboxylic acids is 1. The molecule has 0 bridgehead atoms. The van der Waals surface area contributed by atoms with Gasteiger partial charge in [0.1, 0.15) is 0 Å². The Labute approximate surface area is 79.0 Å². The molecule has 1 unspecified atom stereocenters. The van der Waals surface area contributed by atoms with Gasteiger partial charge in [-0.15, -0.1) is 16.9 Å². The van der Waals surface area contributed by atoms with Crippen LogP contribution in [0.25, 0.3) is 0 Å². The molecule has 1 rings (SSSR count). The summed E-state index contributed by atoms with van der Waals surface area (Å²) in [7, 11) is 1.58. The Morgan fingerprint density at radius 3 is 2.92 bits per heavy atom. The summed E-state index contributed by atoms with van der Waals surface area (Å²) in [5.74, 6) is -0.423. The topological polar surface area (TPSA) is 82.3 Å². The number of carboxylic acid groups (broad SMARTS) is 1. The molecular formula is C6H9N3O3S. The van der Waals surface area contributed by atoms with Crippen LogP contribution in [0.1, 0.15) is 6.42 Å². The molecule has 1 aliphatic heterocycles. The predicted octanol–water partition coefficient (Wildman–Crippen LogP) is 0.996. The molecule has 0 aromatic heterocycles. The summed E-state index contributed by atoms with van der Waals surface area (Å²) in [5.41, 5.74) is -0.355. The Bertz CT molecular complexity index is 256. The Morgan fingerprint density at radius 2 is 2.46 bits per heavy atom. The second-order valence-electron chi connectivity index (χ2n) is 2.45. The minimum Gasteiger partial charge on any atom is -0.481 e. The molecule has 72 valence electrons. The first-order chi connectivity index (χ1) is 6.11. The van der Waals surface area contributed by atoms with Crippen molar-refractivity contribution in [3.8, 4) is 0 Å². The molecule has 2 amide bonds. The van der Waals surface area contributed by atoms with Gasteiger partial charge in [-0.05, 0) is 0 Å². The third kappa shape index (κ3) is 2.69. The van der Waals surface area contributed by atoms with Crippen LogP contribution < -0.4 is 0 Å². The van der Waals surface area contributed by atoms with Crippen molar-refractivity contribution in [2.24, 2.45) is 10.2 Å². The summed E-state index contributed by atoms with van der Waals surface area (Å²) < 4.78 is 0. The summed E-state index contributed by atoms with van der Waals surface area (Å²) in [4.78, 5) is 22.4. The highest BCUT2D eigenvalue weighted by atomic mass is 32.2.